The van der Waals surface area contributed by atoms with Crippen molar-refractivity contribution in [2.75, 3.05) is 5.75 Å². The molecule has 6 nitrogen and oxygen atoms in total. The minimum atomic E-state index is -2.94. The Morgan fingerprint density at radius 3 is 2.56 bits per heavy atom. The number of hydrogen-bond donors (Lipinski definition) is 1. The van der Waals surface area contributed by atoms with Gasteiger partial charge in [0.25, 0.3) is 5.91 Å². The second-order valence-electron chi connectivity index (χ2n) is 5.26. The third kappa shape index (κ3) is 4.98. The van der Waals surface area contributed by atoms with Gasteiger partial charge < -0.3 is 4.74 Å². The van der Waals surface area contributed by atoms with Gasteiger partial charge in [-0.15, -0.1) is 0 Å². The maximum absolute atomic E-state index is 12.1. The standard InChI is InChI=1S/C18H13F2N3O3S/c19-18(20)26-12-7-5-11(6-8-12)16(25)23-15(24)9-27-17-13-3-1-2-4-14(13)21-10-22-17/h1-8,10,18H,9H2,(H,23,24,25). The monoisotopic (exact) mass is 389 g/mol. The number of nitrogens with zero attached hydrogens (tertiary/aromatic N) is 2. The number of carbonyl (C=O) groups excluding carboxylic acids is 2. The van der Waals surface area contributed by atoms with E-state index in [1.807, 2.05) is 24.3 Å². The first-order chi connectivity index (χ1) is 13.0. The van der Waals surface area contributed by atoms with E-state index in [0.29, 0.717) is 5.03 Å². The molecule has 27 heavy (non-hydrogen) atoms. The van der Waals surface area contributed by atoms with Crippen molar-refractivity contribution < 1.29 is 23.1 Å². The third-order valence-electron chi connectivity index (χ3n) is 3.44. The van der Waals surface area contributed by atoms with Gasteiger partial charge in [-0.1, -0.05) is 30.0 Å². The number of aromatic nitrogens is 2. The Morgan fingerprint density at radius 2 is 1.81 bits per heavy atom. The molecule has 138 valence electrons. The molecule has 0 saturated heterocycles. The zero-order valence-electron chi connectivity index (χ0n) is 13.8. The van der Waals surface area contributed by atoms with Crippen LogP contribution >= 0.6 is 11.8 Å². The highest BCUT2D eigenvalue weighted by Crippen LogP contribution is 2.23. The Kier molecular flexibility index (Phi) is 5.92. The highest BCUT2D eigenvalue weighted by Gasteiger charge is 2.13. The molecule has 0 bridgehead atoms. The molecule has 0 fully saturated rings. The minimum absolute atomic E-state index is 0.0146. The molecule has 0 aliphatic heterocycles. The Morgan fingerprint density at radius 1 is 1.07 bits per heavy atom. The van der Waals surface area contributed by atoms with Crippen LogP contribution in [0.1, 0.15) is 10.4 Å². The highest BCUT2D eigenvalue weighted by molar-refractivity contribution is 8.00. The lowest BCUT2D eigenvalue weighted by molar-refractivity contribution is -0.117. The molecular formula is C18H13F2N3O3S. The van der Waals surface area contributed by atoms with Gasteiger partial charge in [-0.3, -0.25) is 14.9 Å². The summed E-state index contributed by atoms with van der Waals surface area (Å²) >= 11 is 1.19. The SMILES string of the molecule is O=C(CSc1ncnc2ccccc12)NC(=O)c1ccc(OC(F)F)cc1. The lowest BCUT2D eigenvalue weighted by Gasteiger charge is -2.07. The minimum Gasteiger partial charge on any atom is -0.435 e. The Hall–Kier alpha value is -3.07. The molecule has 0 unspecified atom stereocenters. The van der Waals surface area contributed by atoms with Crippen LogP contribution in [-0.2, 0) is 4.79 Å². The van der Waals surface area contributed by atoms with Gasteiger partial charge >= 0.3 is 6.61 Å². The van der Waals surface area contributed by atoms with Gasteiger partial charge in [0.05, 0.1) is 11.3 Å². The number of ether oxygens (including phenoxy) is 1. The van der Waals surface area contributed by atoms with Gasteiger partial charge in [0, 0.05) is 10.9 Å². The normalized spacial score (nSPS) is 10.8. The molecule has 1 heterocycles. The van der Waals surface area contributed by atoms with Crippen LogP contribution in [0.5, 0.6) is 5.75 Å². The molecule has 2 amide bonds. The smallest absolute Gasteiger partial charge is 0.387 e. The van der Waals surface area contributed by atoms with Crippen molar-refractivity contribution in [3.8, 4) is 5.75 Å². The van der Waals surface area contributed by atoms with E-state index in [1.165, 1.54) is 42.4 Å². The van der Waals surface area contributed by atoms with Gasteiger partial charge in [0.1, 0.15) is 17.1 Å². The van der Waals surface area contributed by atoms with Crippen molar-refractivity contribution in [2.45, 2.75) is 11.6 Å². The number of carbonyl (C=O) groups is 2. The van der Waals surface area contributed by atoms with Crippen LogP contribution in [0.3, 0.4) is 0 Å². The molecule has 9 heteroatoms. The van der Waals surface area contributed by atoms with Gasteiger partial charge in [-0.2, -0.15) is 8.78 Å². The predicted molar refractivity (Wildman–Crippen MR) is 95.8 cm³/mol. The van der Waals surface area contributed by atoms with E-state index in [2.05, 4.69) is 20.0 Å². The number of benzene rings is 2. The number of hydrogen-bond acceptors (Lipinski definition) is 6. The molecular weight excluding hydrogens is 376 g/mol. The first kappa shape index (κ1) is 18.7. The average molecular weight is 389 g/mol. The van der Waals surface area contributed by atoms with Crippen LogP contribution in [-0.4, -0.2) is 34.1 Å². The fourth-order valence-electron chi connectivity index (χ4n) is 2.25. The van der Waals surface area contributed by atoms with Crippen LogP contribution in [0.2, 0.25) is 0 Å². The third-order valence-corrected chi connectivity index (χ3v) is 4.45. The zero-order chi connectivity index (χ0) is 19.2. The van der Waals surface area contributed by atoms with Gasteiger partial charge in [-0.05, 0) is 30.3 Å². The van der Waals surface area contributed by atoms with Crippen molar-refractivity contribution in [3.63, 3.8) is 0 Å². The summed E-state index contributed by atoms with van der Waals surface area (Å²) in [6.45, 7) is -2.94. The summed E-state index contributed by atoms with van der Waals surface area (Å²) in [4.78, 5) is 32.4. The van der Waals surface area contributed by atoms with E-state index in [-0.39, 0.29) is 17.1 Å². The fourth-order valence-corrected chi connectivity index (χ4v) is 3.04. The molecule has 1 N–H and O–H groups in total. The van der Waals surface area contributed by atoms with E-state index < -0.39 is 18.4 Å². The number of para-hydroxylation sites is 1. The second kappa shape index (κ2) is 8.54. The van der Waals surface area contributed by atoms with E-state index >= 15 is 0 Å². The largest absolute Gasteiger partial charge is 0.435 e. The number of thioether (sulfide) groups is 1. The molecule has 3 rings (SSSR count). The first-order valence-corrected chi connectivity index (χ1v) is 8.73. The van der Waals surface area contributed by atoms with Crippen molar-refractivity contribution in [3.05, 3.63) is 60.4 Å². The first-order valence-electron chi connectivity index (χ1n) is 7.74. The fraction of sp³-hybridized carbons (Fsp3) is 0.111. The average Bonchev–Trinajstić information content (AvgIpc) is 2.66. The summed E-state index contributed by atoms with van der Waals surface area (Å²) < 4.78 is 28.4. The van der Waals surface area contributed by atoms with E-state index in [4.69, 9.17) is 0 Å². The van der Waals surface area contributed by atoms with Crippen LogP contribution in [0.25, 0.3) is 10.9 Å². The summed E-state index contributed by atoms with van der Waals surface area (Å²) in [5.41, 5.74) is 0.917. The number of alkyl halides is 2. The Bertz CT molecular complexity index is 962. The zero-order valence-corrected chi connectivity index (χ0v) is 14.6. The lowest BCUT2D eigenvalue weighted by Crippen LogP contribution is -2.31. The number of amides is 2. The molecule has 3 aromatic rings. The van der Waals surface area contributed by atoms with Gasteiger partial charge in [0.2, 0.25) is 5.91 Å². The number of imide groups is 1. The number of rotatable bonds is 6. The topological polar surface area (TPSA) is 81.2 Å². The summed E-state index contributed by atoms with van der Waals surface area (Å²) in [5, 5.41) is 3.70. The van der Waals surface area contributed by atoms with Gasteiger partial charge in [0.15, 0.2) is 0 Å². The number of nitrogens with one attached hydrogen (secondary N) is 1. The summed E-state index contributed by atoms with van der Waals surface area (Å²) in [5.74, 6) is -1.21. The highest BCUT2D eigenvalue weighted by atomic mass is 32.2. The van der Waals surface area contributed by atoms with Crippen LogP contribution in [0, 0.1) is 0 Å². The summed E-state index contributed by atoms with van der Waals surface area (Å²) in [7, 11) is 0. The van der Waals surface area contributed by atoms with E-state index in [1.54, 1.807) is 0 Å². The summed E-state index contributed by atoms with van der Waals surface area (Å²) in [6, 6.07) is 12.4. The van der Waals surface area contributed by atoms with Crippen molar-refractivity contribution in [2.24, 2.45) is 0 Å². The van der Waals surface area contributed by atoms with Crippen molar-refractivity contribution in [1.29, 1.82) is 0 Å². The Balaban J connectivity index is 1.58. The quantitative estimate of drug-likeness (QED) is 0.515. The maximum atomic E-state index is 12.1. The molecule has 0 aliphatic carbocycles. The molecule has 0 spiro atoms. The molecule has 0 radical (unpaired) electrons. The number of halogens is 2. The van der Waals surface area contributed by atoms with E-state index in [0.717, 1.165) is 10.9 Å². The molecule has 2 aromatic carbocycles. The Labute approximate surface area is 157 Å². The molecule has 0 saturated carbocycles. The van der Waals surface area contributed by atoms with Crippen molar-refractivity contribution in [1.82, 2.24) is 15.3 Å². The molecule has 1 aromatic heterocycles. The molecule has 0 aliphatic rings. The maximum Gasteiger partial charge on any atom is 0.387 e. The lowest BCUT2D eigenvalue weighted by atomic mass is 10.2. The van der Waals surface area contributed by atoms with Crippen molar-refractivity contribution >= 4 is 34.5 Å². The van der Waals surface area contributed by atoms with Crippen LogP contribution in [0.4, 0.5) is 8.78 Å². The summed E-state index contributed by atoms with van der Waals surface area (Å²) in [6.07, 6.45) is 1.41. The van der Waals surface area contributed by atoms with Crippen LogP contribution in [0.15, 0.2) is 59.9 Å². The van der Waals surface area contributed by atoms with Gasteiger partial charge in [-0.25, -0.2) is 9.97 Å². The molecule has 0 atom stereocenters. The van der Waals surface area contributed by atoms with Crippen LogP contribution < -0.4 is 10.1 Å². The van der Waals surface area contributed by atoms with E-state index in [9.17, 15) is 18.4 Å². The number of fused-ring (bicyclic) bond motifs is 1. The predicted octanol–water partition coefficient (Wildman–Crippen LogP) is 3.28. The second-order valence-corrected chi connectivity index (χ2v) is 6.23.